The molecule has 1 aromatic rings. The Kier molecular flexibility index (Phi) is 6.26. The summed E-state index contributed by atoms with van der Waals surface area (Å²) in [5.74, 6) is 0.961. The maximum absolute atomic E-state index is 11.8. The summed E-state index contributed by atoms with van der Waals surface area (Å²) in [6, 6.07) is 7.82. The van der Waals surface area contributed by atoms with Crippen LogP contribution in [0.15, 0.2) is 36.4 Å². The van der Waals surface area contributed by atoms with Gasteiger partial charge in [-0.2, -0.15) is 0 Å². The van der Waals surface area contributed by atoms with Crippen molar-refractivity contribution in [3.63, 3.8) is 0 Å². The summed E-state index contributed by atoms with van der Waals surface area (Å²) >= 11 is 0. The molecular formula is C19H28N2O3. The molecule has 0 radical (unpaired) electrons. The van der Waals surface area contributed by atoms with Gasteiger partial charge in [-0.1, -0.05) is 45.1 Å². The summed E-state index contributed by atoms with van der Waals surface area (Å²) in [4.78, 5) is 11.8. The first-order valence-corrected chi connectivity index (χ1v) is 8.45. The smallest absolute Gasteiger partial charge is 0.315 e. The van der Waals surface area contributed by atoms with Gasteiger partial charge in [-0.25, -0.2) is 4.79 Å². The second kappa shape index (κ2) is 8.20. The molecule has 24 heavy (non-hydrogen) atoms. The summed E-state index contributed by atoms with van der Waals surface area (Å²) in [6.45, 7) is 7.47. The molecule has 5 nitrogen and oxygen atoms in total. The highest BCUT2D eigenvalue weighted by atomic mass is 16.5. The molecule has 0 fully saturated rings. The Morgan fingerprint density at radius 1 is 1.33 bits per heavy atom. The minimum Gasteiger partial charge on any atom is -0.492 e. The Morgan fingerprint density at radius 2 is 2.12 bits per heavy atom. The van der Waals surface area contributed by atoms with Gasteiger partial charge in [0.1, 0.15) is 12.4 Å². The lowest BCUT2D eigenvalue weighted by Gasteiger charge is -2.20. The Bertz CT molecular complexity index is 578. The van der Waals surface area contributed by atoms with Crippen molar-refractivity contribution in [2.24, 2.45) is 5.92 Å². The molecule has 2 atom stereocenters. The van der Waals surface area contributed by atoms with Crippen molar-refractivity contribution in [1.82, 2.24) is 10.6 Å². The number of aliphatic hydroxyl groups is 1. The average Bonchev–Trinajstić information content (AvgIpc) is 2.98. The topological polar surface area (TPSA) is 70.6 Å². The predicted molar refractivity (Wildman–Crippen MR) is 95.3 cm³/mol. The van der Waals surface area contributed by atoms with Gasteiger partial charge in [0, 0.05) is 18.6 Å². The highest BCUT2D eigenvalue weighted by Crippen LogP contribution is 2.25. The molecule has 5 heteroatoms. The zero-order chi connectivity index (χ0) is 17.6. The highest BCUT2D eigenvalue weighted by Gasteiger charge is 2.19. The van der Waals surface area contributed by atoms with Crippen molar-refractivity contribution in [2.45, 2.75) is 38.6 Å². The van der Waals surface area contributed by atoms with Crippen LogP contribution in [0, 0.1) is 5.92 Å². The van der Waals surface area contributed by atoms with Crippen molar-refractivity contribution in [1.29, 1.82) is 0 Å². The molecule has 0 heterocycles. The minimum absolute atomic E-state index is 0.00784. The number of nitrogens with one attached hydrogen (secondary N) is 2. The van der Waals surface area contributed by atoms with E-state index in [1.165, 1.54) is 5.56 Å². The van der Waals surface area contributed by atoms with E-state index in [0.29, 0.717) is 13.2 Å². The lowest BCUT2D eigenvalue weighted by molar-refractivity contribution is 0.228. The van der Waals surface area contributed by atoms with Gasteiger partial charge in [0.2, 0.25) is 0 Å². The van der Waals surface area contributed by atoms with E-state index in [9.17, 15) is 4.79 Å². The van der Waals surface area contributed by atoms with Crippen LogP contribution in [-0.2, 0) is 5.41 Å². The summed E-state index contributed by atoms with van der Waals surface area (Å²) in [7, 11) is 0. The Balaban J connectivity index is 1.68. The molecule has 0 saturated carbocycles. The third kappa shape index (κ3) is 5.57. The SMILES string of the molecule is CC(C)(C)c1cccc(OCCNC(=O)N[C@@H]2C=C[C@H](CO)C2)c1. The van der Waals surface area contributed by atoms with Crippen LogP contribution in [0.5, 0.6) is 5.75 Å². The number of ether oxygens (including phenoxy) is 1. The monoisotopic (exact) mass is 332 g/mol. The molecule has 1 aliphatic rings. The van der Waals surface area contributed by atoms with E-state index in [1.807, 2.05) is 30.4 Å². The molecule has 132 valence electrons. The number of carbonyl (C=O) groups excluding carboxylic acids is 1. The van der Waals surface area contributed by atoms with Gasteiger partial charge >= 0.3 is 6.03 Å². The van der Waals surface area contributed by atoms with Crippen LogP contribution in [0.1, 0.15) is 32.8 Å². The fourth-order valence-electron chi connectivity index (χ4n) is 2.62. The maximum Gasteiger partial charge on any atom is 0.315 e. The van der Waals surface area contributed by atoms with Gasteiger partial charge in [0.05, 0.1) is 6.54 Å². The molecule has 0 aromatic heterocycles. The quantitative estimate of drug-likeness (QED) is 0.554. The van der Waals surface area contributed by atoms with Gasteiger partial charge in [-0.3, -0.25) is 0 Å². The lowest BCUT2D eigenvalue weighted by atomic mass is 9.87. The van der Waals surface area contributed by atoms with Crippen molar-refractivity contribution in [3.05, 3.63) is 42.0 Å². The summed E-state index contributed by atoms with van der Waals surface area (Å²) in [5, 5.41) is 14.7. The molecule has 2 rings (SSSR count). The van der Waals surface area contributed by atoms with E-state index in [4.69, 9.17) is 9.84 Å². The Morgan fingerprint density at radius 3 is 2.79 bits per heavy atom. The van der Waals surface area contributed by atoms with Crippen LogP contribution >= 0.6 is 0 Å². The van der Waals surface area contributed by atoms with E-state index in [0.717, 1.165) is 12.2 Å². The average molecular weight is 332 g/mol. The number of hydrogen-bond donors (Lipinski definition) is 3. The number of urea groups is 1. The number of carbonyl (C=O) groups is 1. The first kappa shape index (κ1) is 18.3. The van der Waals surface area contributed by atoms with Gasteiger partial charge < -0.3 is 20.5 Å². The van der Waals surface area contributed by atoms with Crippen LogP contribution in [0.25, 0.3) is 0 Å². The first-order chi connectivity index (χ1) is 11.4. The lowest BCUT2D eigenvalue weighted by Crippen LogP contribution is -2.42. The van der Waals surface area contributed by atoms with Crippen LogP contribution in [0.3, 0.4) is 0 Å². The first-order valence-electron chi connectivity index (χ1n) is 8.45. The molecule has 0 saturated heterocycles. The fraction of sp³-hybridized carbons (Fsp3) is 0.526. The number of hydrogen-bond acceptors (Lipinski definition) is 3. The van der Waals surface area contributed by atoms with Gasteiger partial charge in [0.15, 0.2) is 0 Å². The van der Waals surface area contributed by atoms with Crippen LogP contribution in [-0.4, -0.2) is 36.9 Å². The van der Waals surface area contributed by atoms with Gasteiger partial charge in [-0.15, -0.1) is 0 Å². The molecule has 1 aromatic carbocycles. The highest BCUT2D eigenvalue weighted by molar-refractivity contribution is 5.74. The minimum atomic E-state index is -0.213. The number of benzene rings is 1. The zero-order valence-electron chi connectivity index (χ0n) is 14.7. The van der Waals surface area contributed by atoms with Crippen molar-refractivity contribution >= 4 is 6.03 Å². The Labute approximate surface area is 144 Å². The standard InChI is InChI=1S/C19H28N2O3/c1-19(2,3)15-5-4-6-17(12-15)24-10-9-20-18(23)21-16-8-7-14(11-16)13-22/h4-8,12,14,16,22H,9-11,13H2,1-3H3,(H2,20,21,23)/t14-,16+/m0/s1. The summed E-state index contributed by atoms with van der Waals surface area (Å²) in [5.41, 5.74) is 1.30. The van der Waals surface area contributed by atoms with Crippen molar-refractivity contribution in [2.75, 3.05) is 19.8 Å². The van der Waals surface area contributed by atoms with Crippen molar-refractivity contribution < 1.29 is 14.6 Å². The summed E-state index contributed by atoms with van der Waals surface area (Å²) < 4.78 is 5.71. The second-order valence-corrected chi connectivity index (χ2v) is 7.20. The molecule has 1 aliphatic carbocycles. The van der Waals surface area contributed by atoms with E-state index < -0.39 is 0 Å². The zero-order valence-corrected chi connectivity index (χ0v) is 14.7. The Hall–Kier alpha value is -2.01. The van der Waals surface area contributed by atoms with E-state index in [1.54, 1.807) is 0 Å². The third-order valence-corrected chi connectivity index (χ3v) is 4.08. The number of amides is 2. The van der Waals surface area contributed by atoms with Crippen LogP contribution in [0.4, 0.5) is 4.79 Å². The molecule has 0 bridgehead atoms. The molecule has 0 spiro atoms. The number of aliphatic hydroxyl groups excluding tert-OH is 1. The molecular weight excluding hydrogens is 304 g/mol. The second-order valence-electron chi connectivity index (χ2n) is 7.20. The van der Waals surface area contributed by atoms with Crippen molar-refractivity contribution in [3.8, 4) is 5.75 Å². The largest absolute Gasteiger partial charge is 0.492 e. The molecule has 2 amide bonds. The van der Waals surface area contributed by atoms with E-state index >= 15 is 0 Å². The van der Waals surface area contributed by atoms with Crippen LogP contribution in [0.2, 0.25) is 0 Å². The van der Waals surface area contributed by atoms with Gasteiger partial charge in [-0.05, 0) is 29.5 Å². The molecule has 3 N–H and O–H groups in total. The maximum atomic E-state index is 11.8. The van der Waals surface area contributed by atoms with E-state index in [-0.39, 0.29) is 30.0 Å². The molecule has 0 aliphatic heterocycles. The fourth-order valence-corrected chi connectivity index (χ4v) is 2.62. The van der Waals surface area contributed by atoms with Crippen LogP contribution < -0.4 is 15.4 Å². The van der Waals surface area contributed by atoms with E-state index in [2.05, 4.69) is 37.5 Å². The predicted octanol–water partition coefficient (Wildman–Crippen LogP) is 2.60. The normalized spacial score (nSPS) is 20.0. The summed E-state index contributed by atoms with van der Waals surface area (Å²) in [6.07, 6.45) is 4.62. The third-order valence-electron chi connectivity index (χ3n) is 4.08. The number of rotatable bonds is 6. The van der Waals surface area contributed by atoms with Gasteiger partial charge in [0.25, 0.3) is 0 Å². The molecule has 0 unspecified atom stereocenters.